The largest absolute Gasteiger partial charge is 0.496 e. The van der Waals surface area contributed by atoms with Crippen LogP contribution in [0, 0.1) is 32.4 Å². The molecule has 0 radical (unpaired) electrons. The van der Waals surface area contributed by atoms with Crippen LogP contribution in [-0.4, -0.2) is 12.1 Å². The van der Waals surface area contributed by atoms with Gasteiger partial charge in [0, 0.05) is 17.3 Å². The predicted octanol–water partition coefficient (Wildman–Crippen LogP) is 3.91. The smallest absolute Gasteiger partial charge is 0.152 e. The number of pyridine rings is 1. The number of rotatable bonds is 4. The minimum Gasteiger partial charge on any atom is -0.496 e. The fourth-order valence-corrected chi connectivity index (χ4v) is 2.24. The lowest BCUT2D eigenvalue weighted by molar-refractivity contribution is 0.407. The second-order valence-corrected chi connectivity index (χ2v) is 4.95. The van der Waals surface area contributed by atoms with Crippen LogP contribution in [0.2, 0.25) is 0 Å². The van der Waals surface area contributed by atoms with Crippen molar-refractivity contribution in [1.29, 1.82) is 0 Å². The van der Waals surface area contributed by atoms with E-state index in [0.29, 0.717) is 11.3 Å². The van der Waals surface area contributed by atoms with Gasteiger partial charge >= 0.3 is 0 Å². The standard InChI is InChI=1S/C16H18F2N2O/c1-9-5-6-12(17)15(14(9)18)20-8-13-11(3)16(21-4)10(2)7-19-13/h5-7,20H,8H2,1-4H3. The fraction of sp³-hybridized carbons (Fsp3) is 0.312. The van der Waals surface area contributed by atoms with E-state index in [9.17, 15) is 8.78 Å². The predicted molar refractivity (Wildman–Crippen MR) is 78.7 cm³/mol. The Bertz CT molecular complexity index is 672. The monoisotopic (exact) mass is 292 g/mol. The third-order valence-electron chi connectivity index (χ3n) is 3.47. The van der Waals surface area contributed by atoms with Gasteiger partial charge in [-0.15, -0.1) is 0 Å². The molecule has 0 aliphatic heterocycles. The van der Waals surface area contributed by atoms with Crippen LogP contribution < -0.4 is 10.1 Å². The summed E-state index contributed by atoms with van der Waals surface area (Å²) in [5.41, 5.74) is 2.74. The Labute approximate surface area is 123 Å². The highest BCUT2D eigenvalue weighted by Crippen LogP contribution is 2.26. The molecule has 5 heteroatoms. The Morgan fingerprint density at radius 2 is 1.86 bits per heavy atom. The number of nitrogens with one attached hydrogen (secondary N) is 1. The van der Waals surface area contributed by atoms with E-state index >= 15 is 0 Å². The van der Waals surface area contributed by atoms with Crippen molar-refractivity contribution in [3.05, 3.63) is 52.3 Å². The van der Waals surface area contributed by atoms with E-state index in [2.05, 4.69) is 10.3 Å². The molecule has 0 aliphatic carbocycles. The summed E-state index contributed by atoms with van der Waals surface area (Å²) in [6.07, 6.45) is 1.69. The SMILES string of the molecule is COc1c(C)cnc(CNc2c(F)ccc(C)c2F)c1C. The summed E-state index contributed by atoms with van der Waals surface area (Å²) in [6.45, 7) is 5.59. The van der Waals surface area contributed by atoms with Gasteiger partial charge in [0.1, 0.15) is 17.3 Å². The molecular weight excluding hydrogens is 274 g/mol. The van der Waals surface area contributed by atoms with E-state index in [1.165, 1.54) is 12.1 Å². The van der Waals surface area contributed by atoms with E-state index in [0.717, 1.165) is 16.9 Å². The first-order valence-electron chi connectivity index (χ1n) is 6.63. The van der Waals surface area contributed by atoms with Crippen molar-refractivity contribution in [2.45, 2.75) is 27.3 Å². The lowest BCUT2D eigenvalue weighted by atomic mass is 10.1. The van der Waals surface area contributed by atoms with Gasteiger partial charge in [-0.25, -0.2) is 8.78 Å². The van der Waals surface area contributed by atoms with Gasteiger partial charge in [0.05, 0.1) is 19.3 Å². The van der Waals surface area contributed by atoms with Gasteiger partial charge < -0.3 is 10.1 Å². The van der Waals surface area contributed by atoms with E-state index in [1.807, 2.05) is 13.8 Å². The Kier molecular flexibility index (Phi) is 4.40. The number of nitrogens with zero attached hydrogens (tertiary/aromatic N) is 1. The molecule has 21 heavy (non-hydrogen) atoms. The quantitative estimate of drug-likeness (QED) is 0.928. The first-order chi connectivity index (χ1) is 9.95. The van der Waals surface area contributed by atoms with Crippen LogP contribution in [0.15, 0.2) is 18.3 Å². The van der Waals surface area contributed by atoms with Crippen molar-refractivity contribution >= 4 is 5.69 Å². The summed E-state index contributed by atoms with van der Waals surface area (Å²) in [6, 6.07) is 2.66. The minimum absolute atomic E-state index is 0.129. The van der Waals surface area contributed by atoms with Crippen molar-refractivity contribution in [2.24, 2.45) is 0 Å². The Morgan fingerprint density at radius 3 is 2.52 bits per heavy atom. The maximum absolute atomic E-state index is 13.9. The Balaban J connectivity index is 2.27. The zero-order chi connectivity index (χ0) is 15.6. The average Bonchev–Trinajstić information content (AvgIpc) is 2.45. The van der Waals surface area contributed by atoms with Crippen LogP contribution in [0.5, 0.6) is 5.75 Å². The van der Waals surface area contributed by atoms with Crippen molar-refractivity contribution in [2.75, 3.05) is 12.4 Å². The molecule has 0 spiro atoms. The number of benzene rings is 1. The average molecular weight is 292 g/mol. The van der Waals surface area contributed by atoms with E-state index in [1.54, 1.807) is 20.2 Å². The summed E-state index contributed by atoms with van der Waals surface area (Å²) in [5, 5.41) is 2.78. The molecular formula is C16H18F2N2O. The molecule has 3 nitrogen and oxygen atoms in total. The molecule has 112 valence electrons. The van der Waals surface area contributed by atoms with Crippen LogP contribution >= 0.6 is 0 Å². The van der Waals surface area contributed by atoms with E-state index in [-0.39, 0.29) is 12.2 Å². The Hall–Kier alpha value is -2.17. The van der Waals surface area contributed by atoms with Crippen LogP contribution in [0.3, 0.4) is 0 Å². The maximum Gasteiger partial charge on any atom is 0.152 e. The Morgan fingerprint density at radius 1 is 1.14 bits per heavy atom. The third-order valence-corrected chi connectivity index (χ3v) is 3.47. The summed E-state index contributed by atoms with van der Waals surface area (Å²) in [4.78, 5) is 4.30. The first-order valence-corrected chi connectivity index (χ1v) is 6.63. The van der Waals surface area contributed by atoms with Crippen molar-refractivity contribution in [1.82, 2.24) is 4.98 Å². The lowest BCUT2D eigenvalue weighted by Crippen LogP contribution is -2.09. The van der Waals surface area contributed by atoms with Crippen molar-refractivity contribution in [3.63, 3.8) is 0 Å². The lowest BCUT2D eigenvalue weighted by Gasteiger charge is -2.14. The van der Waals surface area contributed by atoms with Gasteiger partial charge in [0.25, 0.3) is 0 Å². The molecule has 1 heterocycles. The minimum atomic E-state index is -0.616. The zero-order valence-electron chi connectivity index (χ0n) is 12.6. The molecule has 0 fully saturated rings. The highest BCUT2D eigenvalue weighted by atomic mass is 19.1. The normalized spacial score (nSPS) is 10.6. The molecule has 0 bridgehead atoms. The van der Waals surface area contributed by atoms with E-state index in [4.69, 9.17) is 4.74 Å². The number of anilines is 1. The maximum atomic E-state index is 13.9. The van der Waals surface area contributed by atoms with Crippen molar-refractivity contribution in [3.8, 4) is 5.75 Å². The number of aryl methyl sites for hydroxylation is 2. The first kappa shape index (κ1) is 15.2. The third kappa shape index (κ3) is 2.96. The summed E-state index contributed by atoms with van der Waals surface area (Å²) < 4.78 is 32.9. The number of hydrogen-bond donors (Lipinski definition) is 1. The molecule has 2 aromatic rings. The van der Waals surface area contributed by atoms with Crippen molar-refractivity contribution < 1.29 is 13.5 Å². The number of ether oxygens (including phenoxy) is 1. The molecule has 0 amide bonds. The van der Waals surface area contributed by atoms with Gasteiger partial charge in [0.2, 0.25) is 0 Å². The summed E-state index contributed by atoms with van der Waals surface area (Å²) in [5.74, 6) is -0.450. The second-order valence-electron chi connectivity index (χ2n) is 4.95. The van der Waals surface area contributed by atoms with Gasteiger partial charge in [-0.2, -0.15) is 0 Å². The number of methoxy groups -OCH3 is 1. The number of hydrogen-bond acceptors (Lipinski definition) is 3. The molecule has 0 saturated heterocycles. The molecule has 1 aromatic heterocycles. The number of aromatic nitrogens is 1. The molecule has 1 aromatic carbocycles. The van der Waals surface area contributed by atoms with E-state index < -0.39 is 11.6 Å². The number of halogens is 2. The van der Waals surface area contributed by atoms with Crippen LogP contribution in [-0.2, 0) is 6.54 Å². The summed E-state index contributed by atoms with van der Waals surface area (Å²) in [7, 11) is 1.59. The van der Waals surface area contributed by atoms with Crippen LogP contribution in [0.1, 0.15) is 22.4 Å². The molecule has 0 aliphatic rings. The molecule has 2 rings (SSSR count). The molecule has 0 atom stereocenters. The second kappa shape index (κ2) is 6.08. The van der Waals surface area contributed by atoms with Gasteiger partial charge in [-0.3, -0.25) is 4.98 Å². The highest BCUT2D eigenvalue weighted by molar-refractivity contribution is 5.50. The van der Waals surface area contributed by atoms with Crippen LogP contribution in [0.25, 0.3) is 0 Å². The molecule has 0 unspecified atom stereocenters. The van der Waals surface area contributed by atoms with Crippen LogP contribution in [0.4, 0.5) is 14.5 Å². The highest BCUT2D eigenvalue weighted by Gasteiger charge is 2.13. The zero-order valence-corrected chi connectivity index (χ0v) is 12.6. The topological polar surface area (TPSA) is 34.1 Å². The molecule has 0 saturated carbocycles. The fourth-order valence-electron chi connectivity index (χ4n) is 2.24. The van der Waals surface area contributed by atoms with Gasteiger partial charge in [0.15, 0.2) is 5.82 Å². The molecule has 1 N–H and O–H groups in total. The summed E-state index contributed by atoms with van der Waals surface area (Å²) >= 11 is 0. The van der Waals surface area contributed by atoms with Gasteiger partial charge in [-0.1, -0.05) is 6.07 Å². The van der Waals surface area contributed by atoms with Gasteiger partial charge in [-0.05, 0) is 32.4 Å².